The highest BCUT2D eigenvalue weighted by Gasteiger charge is 2.32. The lowest BCUT2D eigenvalue weighted by Crippen LogP contribution is -2.32. The molecule has 0 fully saturated rings. The van der Waals surface area contributed by atoms with Crippen LogP contribution in [0.4, 0.5) is 0 Å². The quantitative estimate of drug-likeness (QED) is 0.345. The predicted molar refractivity (Wildman–Crippen MR) is 140 cm³/mol. The van der Waals surface area contributed by atoms with Crippen LogP contribution in [-0.4, -0.2) is 41.3 Å². The molecule has 1 atom stereocenters. The summed E-state index contributed by atoms with van der Waals surface area (Å²) in [6.07, 6.45) is 1.15. The number of hydrogen-bond acceptors (Lipinski definition) is 5. The number of fused-ring (bicyclic) bond motifs is 1. The van der Waals surface area contributed by atoms with Crippen molar-refractivity contribution in [1.82, 2.24) is 5.32 Å². The third-order valence-electron chi connectivity index (χ3n) is 7.02. The minimum atomic E-state index is -1.12. The number of aliphatic hydroxyl groups excluding tert-OH is 1. The molecule has 0 spiro atoms. The van der Waals surface area contributed by atoms with Gasteiger partial charge in [0.1, 0.15) is 24.5 Å². The monoisotopic (exact) mass is 495 g/mol. The molecule has 0 bridgehead atoms. The average Bonchev–Trinajstić information content (AvgIpc) is 3.26. The summed E-state index contributed by atoms with van der Waals surface area (Å²) >= 11 is 0. The Morgan fingerprint density at radius 3 is 2.25 bits per heavy atom. The first-order valence-corrected chi connectivity index (χ1v) is 12.4. The number of benzene rings is 2. The van der Waals surface area contributed by atoms with Crippen molar-refractivity contribution >= 4 is 22.8 Å². The van der Waals surface area contributed by atoms with Crippen molar-refractivity contribution in [2.75, 3.05) is 13.2 Å². The van der Waals surface area contributed by atoms with Crippen LogP contribution in [0.25, 0.3) is 11.0 Å². The smallest absolute Gasteiger partial charge is 0.322 e. The van der Waals surface area contributed by atoms with Crippen LogP contribution in [0.3, 0.4) is 0 Å². The van der Waals surface area contributed by atoms with Crippen molar-refractivity contribution in [3.8, 4) is 5.75 Å². The third kappa shape index (κ3) is 5.73. The number of rotatable bonds is 10. The van der Waals surface area contributed by atoms with Gasteiger partial charge in [0, 0.05) is 10.8 Å². The minimum absolute atomic E-state index is 0.0804. The van der Waals surface area contributed by atoms with Crippen molar-refractivity contribution in [1.29, 1.82) is 0 Å². The maximum Gasteiger partial charge on any atom is 0.322 e. The standard InChI is InChI=1S/C29H37NO6/c1-7-29(8-2,20-9-11-22(18(3)13-20)35-17-25(31)28(4,5)6)21-10-12-23-19(14-21)15-24(36-23)27(34)30-16-26(32)33/h9-15,25,31H,7-8,16-17H2,1-6H3,(H,30,34)(H,32,33). The van der Waals surface area contributed by atoms with Crippen molar-refractivity contribution in [2.24, 2.45) is 5.41 Å². The maximum absolute atomic E-state index is 12.3. The Morgan fingerprint density at radius 1 is 1.03 bits per heavy atom. The number of carboxylic acid groups (broad SMARTS) is 1. The number of aryl methyl sites for hydroxylation is 1. The number of nitrogens with one attached hydrogen (secondary N) is 1. The van der Waals surface area contributed by atoms with Gasteiger partial charge < -0.3 is 24.7 Å². The molecule has 0 aliphatic carbocycles. The zero-order valence-electron chi connectivity index (χ0n) is 22.0. The van der Waals surface area contributed by atoms with E-state index < -0.39 is 24.5 Å². The van der Waals surface area contributed by atoms with Crippen LogP contribution < -0.4 is 10.1 Å². The summed E-state index contributed by atoms with van der Waals surface area (Å²) in [5.41, 5.74) is 3.33. The van der Waals surface area contributed by atoms with Crippen LogP contribution in [0.1, 0.15) is 74.7 Å². The molecular weight excluding hydrogens is 458 g/mol. The average molecular weight is 496 g/mol. The zero-order valence-corrected chi connectivity index (χ0v) is 22.0. The molecule has 1 amide bonds. The van der Waals surface area contributed by atoms with Crippen molar-refractivity contribution in [3.63, 3.8) is 0 Å². The summed E-state index contributed by atoms with van der Waals surface area (Å²) in [5.74, 6) is -0.841. The molecule has 36 heavy (non-hydrogen) atoms. The van der Waals surface area contributed by atoms with Gasteiger partial charge in [0.25, 0.3) is 5.91 Å². The normalized spacial score (nSPS) is 13.0. The van der Waals surface area contributed by atoms with Crippen LogP contribution in [-0.2, 0) is 10.2 Å². The van der Waals surface area contributed by atoms with E-state index >= 15 is 0 Å². The fraction of sp³-hybridized carbons (Fsp3) is 0.448. The van der Waals surface area contributed by atoms with Gasteiger partial charge in [-0.05, 0) is 66.1 Å². The van der Waals surface area contributed by atoms with E-state index in [9.17, 15) is 14.7 Å². The molecule has 194 valence electrons. The molecule has 0 aliphatic heterocycles. The molecule has 3 N–H and O–H groups in total. The third-order valence-corrected chi connectivity index (χ3v) is 7.02. The predicted octanol–water partition coefficient (Wildman–Crippen LogP) is 5.45. The van der Waals surface area contributed by atoms with Gasteiger partial charge in [0.15, 0.2) is 5.76 Å². The SMILES string of the molecule is CCC(CC)(c1ccc(OCC(O)C(C)(C)C)c(C)c1)c1ccc2oc(C(=O)NCC(=O)O)cc2c1. The number of furan rings is 1. The van der Waals surface area contributed by atoms with Gasteiger partial charge >= 0.3 is 5.97 Å². The van der Waals surface area contributed by atoms with Gasteiger partial charge in [-0.15, -0.1) is 0 Å². The van der Waals surface area contributed by atoms with E-state index in [1.54, 1.807) is 6.07 Å². The van der Waals surface area contributed by atoms with Gasteiger partial charge in [-0.3, -0.25) is 9.59 Å². The number of carbonyl (C=O) groups excluding carboxylic acids is 1. The molecule has 3 rings (SSSR count). The Hall–Kier alpha value is -3.32. The second-order valence-corrected chi connectivity index (χ2v) is 10.4. The van der Waals surface area contributed by atoms with Crippen LogP contribution >= 0.6 is 0 Å². The summed E-state index contributed by atoms with van der Waals surface area (Å²) in [6.45, 7) is 12.0. The van der Waals surface area contributed by atoms with E-state index in [1.807, 2.05) is 52.0 Å². The van der Waals surface area contributed by atoms with Crippen LogP contribution in [0, 0.1) is 12.3 Å². The zero-order chi connectivity index (χ0) is 26.7. The fourth-order valence-corrected chi connectivity index (χ4v) is 4.46. The molecule has 0 saturated heterocycles. The highest BCUT2D eigenvalue weighted by atomic mass is 16.5. The number of aliphatic carboxylic acids is 1. The first kappa shape index (κ1) is 27.3. The largest absolute Gasteiger partial charge is 0.491 e. The second-order valence-electron chi connectivity index (χ2n) is 10.4. The number of ether oxygens (including phenoxy) is 1. The highest BCUT2D eigenvalue weighted by molar-refractivity contribution is 5.97. The fourth-order valence-electron chi connectivity index (χ4n) is 4.46. The maximum atomic E-state index is 12.3. The van der Waals surface area contributed by atoms with Crippen LogP contribution in [0.2, 0.25) is 0 Å². The molecule has 1 unspecified atom stereocenters. The summed E-state index contributed by atoms with van der Waals surface area (Å²) in [6, 6.07) is 13.8. The summed E-state index contributed by atoms with van der Waals surface area (Å²) in [7, 11) is 0. The van der Waals surface area contributed by atoms with Gasteiger partial charge in [-0.2, -0.15) is 0 Å². The first-order chi connectivity index (χ1) is 16.9. The highest BCUT2D eigenvalue weighted by Crippen LogP contribution is 2.41. The Morgan fingerprint density at radius 2 is 1.67 bits per heavy atom. The molecule has 1 heterocycles. The summed E-state index contributed by atoms with van der Waals surface area (Å²) in [5, 5.41) is 22.2. The Labute approximate surface area is 212 Å². The number of hydrogen-bond donors (Lipinski definition) is 3. The van der Waals surface area contributed by atoms with E-state index in [2.05, 4.69) is 31.3 Å². The minimum Gasteiger partial charge on any atom is -0.491 e. The number of amides is 1. The molecule has 0 radical (unpaired) electrons. The van der Waals surface area contributed by atoms with E-state index in [0.29, 0.717) is 5.58 Å². The lowest BCUT2D eigenvalue weighted by atomic mass is 9.70. The van der Waals surface area contributed by atoms with Gasteiger partial charge in [0.2, 0.25) is 0 Å². The molecule has 1 aromatic heterocycles. The Balaban J connectivity index is 1.91. The van der Waals surface area contributed by atoms with Crippen molar-refractivity contribution in [2.45, 2.75) is 65.9 Å². The van der Waals surface area contributed by atoms with Gasteiger partial charge in [-0.1, -0.05) is 52.8 Å². The second kappa shape index (κ2) is 10.7. The molecule has 7 heteroatoms. The molecule has 0 saturated carbocycles. The molecule has 7 nitrogen and oxygen atoms in total. The lowest BCUT2D eigenvalue weighted by molar-refractivity contribution is -0.135. The molecule has 3 aromatic rings. The number of aliphatic hydroxyl groups is 1. The lowest BCUT2D eigenvalue weighted by Gasteiger charge is -2.34. The number of carbonyl (C=O) groups is 2. The van der Waals surface area contributed by atoms with E-state index in [0.717, 1.165) is 40.7 Å². The van der Waals surface area contributed by atoms with E-state index in [4.69, 9.17) is 14.3 Å². The van der Waals surface area contributed by atoms with Crippen molar-refractivity contribution in [3.05, 3.63) is 64.9 Å². The van der Waals surface area contributed by atoms with E-state index in [1.165, 1.54) is 0 Å². The van der Waals surface area contributed by atoms with Crippen LogP contribution in [0.5, 0.6) is 5.75 Å². The first-order valence-electron chi connectivity index (χ1n) is 12.4. The number of carboxylic acids is 1. The van der Waals surface area contributed by atoms with Gasteiger partial charge in [0.05, 0.1) is 6.10 Å². The summed E-state index contributed by atoms with van der Waals surface area (Å²) in [4.78, 5) is 23.0. The Kier molecular flexibility index (Phi) is 8.14. The molecule has 2 aromatic carbocycles. The Bertz CT molecular complexity index is 1230. The summed E-state index contributed by atoms with van der Waals surface area (Å²) < 4.78 is 11.6. The molecular formula is C29H37NO6. The van der Waals surface area contributed by atoms with Crippen LogP contribution in [0.15, 0.2) is 46.9 Å². The molecule has 0 aliphatic rings. The van der Waals surface area contributed by atoms with Crippen molar-refractivity contribution < 1.29 is 29.0 Å². The topological polar surface area (TPSA) is 109 Å². The van der Waals surface area contributed by atoms with E-state index in [-0.39, 0.29) is 23.2 Å². The van der Waals surface area contributed by atoms with Gasteiger partial charge in [-0.25, -0.2) is 0 Å².